The van der Waals surface area contributed by atoms with E-state index in [1.54, 1.807) is 24.3 Å². The molecule has 2 atom stereocenters. The van der Waals surface area contributed by atoms with Crippen molar-refractivity contribution in [2.45, 2.75) is 25.2 Å². The van der Waals surface area contributed by atoms with Gasteiger partial charge in [-0.05, 0) is 12.1 Å². The van der Waals surface area contributed by atoms with Crippen LogP contribution in [0.15, 0.2) is 33.9 Å². The lowest BCUT2D eigenvalue weighted by molar-refractivity contribution is -0.133. The normalized spacial score (nSPS) is 21.0. The van der Waals surface area contributed by atoms with Crippen LogP contribution in [0.4, 0.5) is 4.39 Å². The summed E-state index contributed by atoms with van der Waals surface area (Å²) in [4.78, 5) is 40.4. The molecule has 3 rings (SSSR count). The predicted octanol–water partition coefficient (Wildman–Crippen LogP) is -0.379. The van der Waals surface area contributed by atoms with Crippen molar-refractivity contribution in [1.82, 2.24) is 14.5 Å². The third-order valence-electron chi connectivity index (χ3n) is 4.08. The highest BCUT2D eigenvalue weighted by atomic mass is 19.1. The number of benzene rings is 1. The minimum Gasteiger partial charge on any atom is -0.394 e. The van der Waals surface area contributed by atoms with Gasteiger partial charge in [-0.25, -0.2) is 9.18 Å². The molecular weight excluding hydrogens is 305 g/mol. The first-order chi connectivity index (χ1) is 11.0. The Morgan fingerprint density at radius 3 is 2.83 bits per heavy atom. The van der Waals surface area contributed by atoms with Crippen molar-refractivity contribution in [3.05, 3.63) is 45.1 Å². The third kappa shape index (κ3) is 2.77. The zero-order valence-corrected chi connectivity index (χ0v) is 12.2. The number of fused-ring (bicyclic) bond motifs is 1. The maximum absolute atomic E-state index is 13.4. The zero-order chi connectivity index (χ0) is 16.6. The average molecular weight is 321 g/mol. The van der Waals surface area contributed by atoms with Crippen LogP contribution in [0.2, 0.25) is 0 Å². The summed E-state index contributed by atoms with van der Waals surface area (Å²) in [6.45, 7) is -0.971. The lowest BCUT2D eigenvalue weighted by atomic mass is 10.2. The van der Waals surface area contributed by atoms with E-state index in [9.17, 15) is 23.9 Å². The molecule has 0 radical (unpaired) electrons. The Labute approximate surface area is 130 Å². The monoisotopic (exact) mass is 321 g/mol. The summed E-state index contributed by atoms with van der Waals surface area (Å²) in [5.74, 6) is -0.563. The van der Waals surface area contributed by atoms with Gasteiger partial charge in [-0.2, -0.15) is 0 Å². The van der Waals surface area contributed by atoms with E-state index < -0.39 is 35.9 Å². The molecule has 1 amide bonds. The van der Waals surface area contributed by atoms with E-state index in [-0.39, 0.29) is 19.6 Å². The number of amides is 1. The number of H-pyrrole nitrogens is 1. The molecule has 0 bridgehead atoms. The predicted molar refractivity (Wildman–Crippen MR) is 80.9 cm³/mol. The number of alkyl halides is 1. The standard InChI is InChI=1S/C15H16FN3O4/c16-9-5-10(8-20)18(6-9)13(21)7-19-14(22)11-3-1-2-4-12(11)17-15(19)23/h1-4,9-10,20H,5-8H2,(H,17,23)/t9-,10-/m0/s1. The van der Waals surface area contributed by atoms with Gasteiger partial charge in [-0.3, -0.25) is 14.2 Å². The van der Waals surface area contributed by atoms with E-state index in [0.717, 1.165) is 4.57 Å². The van der Waals surface area contributed by atoms with Gasteiger partial charge in [-0.15, -0.1) is 0 Å². The summed E-state index contributed by atoms with van der Waals surface area (Å²) < 4.78 is 14.2. The van der Waals surface area contributed by atoms with Crippen molar-refractivity contribution >= 4 is 16.8 Å². The number of halogens is 1. The van der Waals surface area contributed by atoms with Crippen LogP contribution in [0.1, 0.15) is 6.42 Å². The van der Waals surface area contributed by atoms with Crippen LogP contribution in [0.25, 0.3) is 10.9 Å². The van der Waals surface area contributed by atoms with Gasteiger partial charge in [0.2, 0.25) is 5.91 Å². The largest absolute Gasteiger partial charge is 0.394 e. The number of aromatic amines is 1. The highest BCUT2D eigenvalue weighted by Gasteiger charge is 2.35. The molecule has 2 N–H and O–H groups in total. The molecule has 1 aliphatic rings. The molecule has 0 saturated carbocycles. The summed E-state index contributed by atoms with van der Waals surface area (Å²) >= 11 is 0. The van der Waals surface area contributed by atoms with Gasteiger partial charge in [-0.1, -0.05) is 12.1 Å². The van der Waals surface area contributed by atoms with Gasteiger partial charge >= 0.3 is 5.69 Å². The minimum atomic E-state index is -1.21. The molecule has 1 aromatic carbocycles. The zero-order valence-electron chi connectivity index (χ0n) is 12.2. The Hall–Kier alpha value is -2.48. The van der Waals surface area contributed by atoms with Crippen molar-refractivity contribution < 1.29 is 14.3 Å². The summed E-state index contributed by atoms with van der Waals surface area (Å²) in [6, 6.07) is 5.88. The second kappa shape index (κ2) is 5.96. The lowest BCUT2D eigenvalue weighted by Crippen LogP contribution is -2.44. The van der Waals surface area contributed by atoms with E-state index in [0.29, 0.717) is 10.9 Å². The van der Waals surface area contributed by atoms with Crippen LogP contribution >= 0.6 is 0 Å². The van der Waals surface area contributed by atoms with Crippen LogP contribution < -0.4 is 11.2 Å². The number of aromatic nitrogens is 2. The van der Waals surface area contributed by atoms with E-state index >= 15 is 0 Å². The highest BCUT2D eigenvalue weighted by molar-refractivity contribution is 5.79. The van der Waals surface area contributed by atoms with E-state index in [2.05, 4.69) is 4.98 Å². The Morgan fingerprint density at radius 2 is 2.09 bits per heavy atom. The van der Waals surface area contributed by atoms with E-state index in [1.807, 2.05) is 0 Å². The first kappa shape index (κ1) is 15.4. The van der Waals surface area contributed by atoms with Crippen molar-refractivity contribution in [1.29, 1.82) is 0 Å². The molecule has 1 aromatic heterocycles. The molecule has 0 aliphatic carbocycles. The van der Waals surface area contributed by atoms with Crippen molar-refractivity contribution in [3.63, 3.8) is 0 Å². The molecule has 8 heteroatoms. The van der Waals surface area contributed by atoms with Crippen LogP contribution in [-0.4, -0.2) is 50.8 Å². The van der Waals surface area contributed by atoms with Crippen molar-refractivity contribution in [2.75, 3.05) is 13.2 Å². The first-order valence-electron chi connectivity index (χ1n) is 7.27. The molecule has 23 heavy (non-hydrogen) atoms. The smallest absolute Gasteiger partial charge is 0.329 e. The summed E-state index contributed by atoms with van der Waals surface area (Å²) in [5.41, 5.74) is -0.878. The SMILES string of the molecule is O=C(Cn1c(=O)[nH]c2ccccc2c1=O)N1C[C@@H](F)C[C@H]1CO. The molecule has 0 unspecified atom stereocenters. The van der Waals surface area contributed by atoms with Gasteiger partial charge in [0.25, 0.3) is 5.56 Å². The summed E-state index contributed by atoms with van der Waals surface area (Å²) in [7, 11) is 0. The summed E-state index contributed by atoms with van der Waals surface area (Å²) in [6.07, 6.45) is -1.15. The highest BCUT2D eigenvalue weighted by Crippen LogP contribution is 2.20. The van der Waals surface area contributed by atoms with Gasteiger partial charge in [0.1, 0.15) is 12.7 Å². The molecule has 1 saturated heterocycles. The van der Waals surface area contributed by atoms with Gasteiger partial charge < -0.3 is 15.0 Å². The molecule has 122 valence electrons. The van der Waals surface area contributed by atoms with Gasteiger partial charge in [0.15, 0.2) is 0 Å². The Bertz CT molecular complexity index is 860. The number of nitrogens with zero attached hydrogens (tertiary/aromatic N) is 2. The molecular formula is C15H16FN3O4. The molecule has 1 aliphatic heterocycles. The number of likely N-dealkylation sites (tertiary alicyclic amines) is 1. The lowest BCUT2D eigenvalue weighted by Gasteiger charge is -2.22. The minimum absolute atomic E-state index is 0.0607. The van der Waals surface area contributed by atoms with Crippen molar-refractivity contribution in [2.24, 2.45) is 0 Å². The fourth-order valence-electron chi connectivity index (χ4n) is 2.91. The number of carbonyl (C=O) groups is 1. The molecule has 1 fully saturated rings. The number of aliphatic hydroxyl groups is 1. The fourth-order valence-corrected chi connectivity index (χ4v) is 2.91. The number of hydrogen-bond acceptors (Lipinski definition) is 4. The fraction of sp³-hybridized carbons (Fsp3) is 0.400. The van der Waals surface area contributed by atoms with Crippen LogP contribution in [0.3, 0.4) is 0 Å². The van der Waals surface area contributed by atoms with Gasteiger partial charge in [0.05, 0.1) is 30.1 Å². The molecule has 7 nitrogen and oxygen atoms in total. The Kier molecular flexibility index (Phi) is 3.99. The Morgan fingerprint density at radius 1 is 1.35 bits per heavy atom. The number of nitrogens with one attached hydrogen (secondary N) is 1. The summed E-state index contributed by atoms with van der Waals surface area (Å²) in [5, 5.41) is 9.52. The maximum atomic E-state index is 13.4. The average Bonchev–Trinajstić information content (AvgIpc) is 2.92. The number of hydrogen-bond donors (Lipinski definition) is 2. The number of para-hydroxylation sites is 1. The van der Waals surface area contributed by atoms with Crippen molar-refractivity contribution in [3.8, 4) is 0 Å². The van der Waals surface area contributed by atoms with Gasteiger partial charge in [0, 0.05) is 6.42 Å². The quantitative estimate of drug-likeness (QED) is 0.806. The van der Waals surface area contributed by atoms with Crippen LogP contribution in [0, 0.1) is 0 Å². The third-order valence-corrected chi connectivity index (χ3v) is 4.08. The maximum Gasteiger partial charge on any atom is 0.329 e. The number of carbonyl (C=O) groups excluding carboxylic acids is 1. The van der Waals surface area contributed by atoms with Crippen LogP contribution in [-0.2, 0) is 11.3 Å². The van der Waals surface area contributed by atoms with E-state index in [1.165, 1.54) is 4.90 Å². The second-order valence-corrected chi connectivity index (χ2v) is 5.58. The van der Waals surface area contributed by atoms with Crippen LogP contribution in [0.5, 0.6) is 0 Å². The molecule has 2 aromatic rings. The molecule has 2 heterocycles. The molecule has 0 spiro atoms. The first-order valence-corrected chi connectivity index (χ1v) is 7.27. The Balaban J connectivity index is 1.94. The number of aliphatic hydroxyl groups excluding tert-OH is 1. The van der Waals surface area contributed by atoms with E-state index in [4.69, 9.17) is 0 Å². The number of rotatable bonds is 3. The topological polar surface area (TPSA) is 95.4 Å². The second-order valence-electron chi connectivity index (χ2n) is 5.58.